The number of hydrogen-bond donors (Lipinski definition) is 2. The highest BCUT2D eigenvalue weighted by Gasteiger charge is 2.37. The van der Waals surface area contributed by atoms with Gasteiger partial charge in [-0.3, -0.25) is 9.78 Å². The average Bonchev–Trinajstić information content (AvgIpc) is 3.04. The lowest BCUT2D eigenvalue weighted by molar-refractivity contribution is -0.119. The molecule has 2 N–H and O–H groups in total. The van der Waals surface area contributed by atoms with Crippen LogP contribution >= 0.6 is 0 Å². The molecule has 0 radical (unpaired) electrons. The molecule has 0 aromatic carbocycles. The zero-order valence-electron chi connectivity index (χ0n) is 11.8. The van der Waals surface area contributed by atoms with E-state index in [0.29, 0.717) is 24.6 Å². The van der Waals surface area contributed by atoms with E-state index in [4.69, 9.17) is 4.74 Å². The number of amides is 1. The second kappa shape index (κ2) is 5.79. The second-order valence-electron chi connectivity index (χ2n) is 5.79. The van der Waals surface area contributed by atoms with Crippen LogP contribution in [0, 0.1) is 5.92 Å². The van der Waals surface area contributed by atoms with Crippen LogP contribution in [-0.4, -0.2) is 36.1 Å². The fraction of sp³-hybridized carbons (Fsp3) is 0.600. The van der Waals surface area contributed by atoms with Crippen molar-refractivity contribution in [1.29, 1.82) is 0 Å². The topological polar surface area (TPSA) is 63.2 Å². The predicted molar refractivity (Wildman–Crippen MR) is 75.6 cm³/mol. The Morgan fingerprint density at radius 2 is 2.40 bits per heavy atom. The lowest BCUT2D eigenvalue weighted by Crippen LogP contribution is -2.46. The Morgan fingerprint density at radius 1 is 1.55 bits per heavy atom. The average molecular weight is 275 g/mol. The van der Waals surface area contributed by atoms with Crippen molar-refractivity contribution in [2.45, 2.75) is 38.3 Å². The lowest BCUT2D eigenvalue weighted by atomic mass is 10.1. The van der Waals surface area contributed by atoms with Crippen LogP contribution in [0.25, 0.3) is 0 Å². The molecule has 2 aliphatic rings. The maximum Gasteiger partial charge on any atom is 0.217 e. The summed E-state index contributed by atoms with van der Waals surface area (Å²) in [6.45, 7) is 3.38. The van der Waals surface area contributed by atoms with Gasteiger partial charge in [0.25, 0.3) is 0 Å². The van der Waals surface area contributed by atoms with Crippen molar-refractivity contribution >= 4 is 5.91 Å². The molecule has 1 aromatic rings. The summed E-state index contributed by atoms with van der Waals surface area (Å²) in [5.41, 5.74) is 1.18. The summed E-state index contributed by atoms with van der Waals surface area (Å²) in [7, 11) is 0. The van der Waals surface area contributed by atoms with Gasteiger partial charge in [0.15, 0.2) is 0 Å². The van der Waals surface area contributed by atoms with E-state index in [1.54, 1.807) is 13.1 Å². The molecule has 108 valence electrons. The van der Waals surface area contributed by atoms with Crippen molar-refractivity contribution in [3.8, 4) is 5.75 Å². The van der Waals surface area contributed by atoms with Crippen LogP contribution in [0.5, 0.6) is 5.75 Å². The van der Waals surface area contributed by atoms with Gasteiger partial charge >= 0.3 is 0 Å². The number of nitrogens with zero attached hydrogens (tertiary/aromatic N) is 1. The van der Waals surface area contributed by atoms with Crippen LogP contribution in [0.3, 0.4) is 0 Å². The van der Waals surface area contributed by atoms with Crippen molar-refractivity contribution in [3.63, 3.8) is 0 Å². The Kier molecular flexibility index (Phi) is 3.87. The number of rotatable bonds is 6. The predicted octanol–water partition coefficient (Wildman–Crippen LogP) is 0.889. The van der Waals surface area contributed by atoms with Gasteiger partial charge in [-0.15, -0.1) is 0 Å². The normalized spacial score (nSPS) is 27.6. The summed E-state index contributed by atoms with van der Waals surface area (Å²) in [5.74, 6) is 1.44. The summed E-state index contributed by atoms with van der Waals surface area (Å²) in [5, 5.41) is 6.27. The van der Waals surface area contributed by atoms with E-state index in [1.807, 2.05) is 6.20 Å². The minimum absolute atomic E-state index is 0.0562. The number of pyridine rings is 1. The Bertz CT molecular complexity index is 488. The minimum Gasteiger partial charge on any atom is -0.490 e. The van der Waals surface area contributed by atoms with Gasteiger partial charge in [-0.05, 0) is 43.4 Å². The van der Waals surface area contributed by atoms with Gasteiger partial charge < -0.3 is 15.4 Å². The van der Waals surface area contributed by atoms with Crippen LogP contribution in [-0.2, 0) is 11.2 Å². The molecule has 0 spiro atoms. The minimum atomic E-state index is 0.0562. The van der Waals surface area contributed by atoms with E-state index < -0.39 is 0 Å². The van der Waals surface area contributed by atoms with Gasteiger partial charge in [0.2, 0.25) is 5.91 Å². The highest BCUT2D eigenvalue weighted by Crippen LogP contribution is 2.34. The maximum atomic E-state index is 11.0. The highest BCUT2D eigenvalue weighted by molar-refractivity contribution is 5.73. The van der Waals surface area contributed by atoms with Crippen molar-refractivity contribution < 1.29 is 9.53 Å². The molecule has 1 aromatic heterocycles. The van der Waals surface area contributed by atoms with Gasteiger partial charge in [0.05, 0.1) is 6.20 Å². The SMILES string of the molecule is CC(=O)N[C@H]1C[C@H]1Cc1cncc(OC[C@@H]2CCN2)c1. The Labute approximate surface area is 119 Å². The van der Waals surface area contributed by atoms with Gasteiger partial charge in [0, 0.05) is 25.2 Å². The summed E-state index contributed by atoms with van der Waals surface area (Å²) < 4.78 is 5.75. The number of hydrogen-bond acceptors (Lipinski definition) is 4. The number of nitrogens with one attached hydrogen (secondary N) is 2. The third-order valence-corrected chi connectivity index (χ3v) is 3.96. The van der Waals surface area contributed by atoms with E-state index >= 15 is 0 Å². The molecule has 0 bridgehead atoms. The van der Waals surface area contributed by atoms with Gasteiger partial charge in [-0.25, -0.2) is 0 Å². The molecule has 5 heteroatoms. The molecule has 2 heterocycles. The molecule has 1 saturated carbocycles. The number of carbonyl (C=O) groups excluding carboxylic acids is 1. The van der Waals surface area contributed by atoms with Gasteiger partial charge in [-0.2, -0.15) is 0 Å². The molecule has 2 fully saturated rings. The number of ether oxygens (including phenoxy) is 1. The van der Waals surface area contributed by atoms with Crippen LogP contribution < -0.4 is 15.4 Å². The molecule has 3 rings (SSSR count). The summed E-state index contributed by atoms with van der Waals surface area (Å²) >= 11 is 0. The van der Waals surface area contributed by atoms with E-state index in [0.717, 1.165) is 25.1 Å². The van der Waals surface area contributed by atoms with Crippen LogP contribution in [0.15, 0.2) is 18.5 Å². The third kappa shape index (κ3) is 3.48. The fourth-order valence-corrected chi connectivity index (χ4v) is 2.56. The van der Waals surface area contributed by atoms with E-state index in [-0.39, 0.29) is 5.91 Å². The van der Waals surface area contributed by atoms with E-state index in [2.05, 4.69) is 21.7 Å². The van der Waals surface area contributed by atoms with Gasteiger partial charge in [0.1, 0.15) is 12.4 Å². The molecule has 1 aliphatic carbocycles. The van der Waals surface area contributed by atoms with Crippen molar-refractivity contribution in [3.05, 3.63) is 24.0 Å². The lowest BCUT2D eigenvalue weighted by Gasteiger charge is -2.27. The molecule has 1 aliphatic heterocycles. The first-order valence-corrected chi connectivity index (χ1v) is 7.28. The first kappa shape index (κ1) is 13.4. The van der Waals surface area contributed by atoms with Crippen LogP contribution in [0.4, 0.5) is 0 Å². The Hall–Kier alpha value is -1.62. The highest BCUT2D eigenvalue weighted by atomic mass is 16.5. The van der Waals surface area contributed by atoms with E-state index in [9.17, 15) is 4.79 Å². The first-order valence-electron chi connectivity index (χ1n) is 7.28. The van der Waals surface area contributed by atoms with Crippen LogP contribution in [0.2, 0.25) is 0 Å². The Morgan fingerprint density at radius 3 is 3.10 bits per heavy atom. The van der Waals surface area contributed by atoms with Crippen molar-refractivity contribution in [1.82, 2.24) is 15.6 Å². The molecule has 0 unspecified atom stereocenters. The standard InChI is InChI=1S/C15H21N3O2/c1-10(19)18-15-6-12(15)4-11-5-14(8-16-7-11)20-9-13-2-3-17-13/h5,7-8,12-13,15,17H,2-4,6,9H2,1H3,(H,18,19)/t12-,13+,15+/m1/s1. The molecule has 3 atom stereocenters. The fourth-order valence-electron chi connectivity index (χ4n) is 2.56. The largest absolute Gasteiger partial charge is 0.490 e. The summed E-state index contributed by atoms with van der Waals surface area (Å²) in [6, 6.07) is 2.90. The third-order valence-electron chi connectivity index (χ3n) is 3.96. The van der Waals surface area contributed by atoms with Crippen LogP contribution in [0.1, 0.15) is 25.3 Å². The molecule has 1 saturated heterocycles. The quantitative estimate of drug-likeness (QED) is 0.809. The molecule has 20 heavy (non-hydrogen) atoms. The Balaban J connectivity index is 1.48. The van der Waals surface area contributed by atoms with Crippen molar-refractivity contribution in [2.24, 2.45) is 5.92 Å². The van der Waals surface area contributed by atoms with Gasteiger partial charge in [-0.1, -0.05) is 0 Å². The maximum absolute atomic E-state index is 11.0. The molecule has 1 amide bonds. The van der Waals surface area contributed by atoms with E-state index in [1.165, 1.54) is 12.0 Å². The molecule has 5 nitrogen and oxygen atoms in total. The summed E-state index contributed by atoms with van der Waals surface area (Å²) in [6.07, 6.45) is 6.86. The smallest absolute Gasteiger partial charge is 0.217 e. The zero-order chi connectivity index (χ0) is 13.9. The monoisotopic (exact) mass is 275 g/mol. The number of carbonyl (C=O) groups is 1. The zero-order valence-corrected chi connectivity index (χ0v) is 11.8. The van der Waals surface area contributed by atoms with Crippen molar-refractivity contribution in [2.75, 3.05) is 13.2 Å². The number of aromatic nitrogens is 1. The molecular formula is C15H21N3O2. The second-order valence-corrected chi connectivity index (χ2v) is 5.79. The molecular weight excluding hydrogens is 254 g/mol. The summed E-state index contributed by atoms with van der Waals surface area (Å²) in [4.78, 5) is 15.2. The first-order chi connectivity index (χ1) is 9.70.